The van der Waals surface area contributed by atoms with E-state index in [0.29, 0.717) is 23.1 Å². The Labute approximate surface area is 214 Å². The number of aliphatic carboxylic acids is 1. The summed E-state index contributed by atoms with van der Waals surface area (Å²) in [5.74, 6) is -2.18. The molecular weight excluding hydrogens is 521 g/mol. The predicted octanol–water partition coefficient (Wildman–Crippen LogP) is 3.58. The maximum Gasteiger partial charge on any atom is 0.490 e. The van der Waals surface area contributed by atoms with Gasteiger partial charge in [0, 0.05) is 37.7 Å². The first-order valence-electron chi connectivity index (χ1n) is 11.1. The molecule has 200 valence electrons. The third kappa shape index (κ3) is 9.12. The van der Waals surface area contributed by atoms with E-state index in [-0.39, 0.29) is 6.08 Å². The molecule has 0 aliphatic carbocycles. The summed E-state index contributed by atoms with van der Waals surface area (Å²) in [6, 6.07) is 13.8. The summed E-state index contributed by atoms with van der Waals surface area (Å²) in [5, 5.41) is 15.1. The fourth-order valence-electron chi connectivity index (χ4n) is 3.17. The maximum atomic E-state index is 12.1. The van der Waals surface area contributed by atoms with Crippen LogP contribution < -0.4 is 20.5 Å². The average Bonchev–Trinajstić information content (AvgIpc) is 3.24. The molecule has 1 fully saturated rings. The van der Waals surface area contributed by atoms with Gasteiger partial charge < -0.3 is 29.2 Å². The summed E-state index contributed by atoms with van der Waals surface area (Å²) < 4.78 is 49.2. The summed E-state index contributed by atoms with van der Waals surface area (Å²) in [4.78, 5) is 23.5. The molecule has 2 aromatic carbocycles. The lowest BCUT2D eigenvalue weighted by Crippen LogP contribution is -2.43. The number of hydrogen-bond donors (Lipinski definition) is 2. The van der Waals surface area contributed by atoms with Gasteiger partial charge in [0.25, 0.3) is 0 Å². The molecule has 0 atom stereocenters. The van der Waals surface area contributed by atoms with E-state index < -0.39 is 17.9 Å². The van der Waals surface area contributed by atoms with Gasteiger partial charge in [-0.1, -0.05) is 16.7 Å². The average molecular weight is 545 g/mol. The van der Waals surface area contributed by atoms with Crippen molar-refractivity contribution in [3.8, 4) is 23.3 Å². The number of carboxylic acids is 1. The minimum atomic E-state index is -5.08. The Morgan fingerprint density at radius 3 is 2.27 bits per heavy atom. The molecule has 0 bridgehead atoms. The fraction of sp³-hybridized carbons (Fsp3) is 0.348. The first-order chi connectivity index (χ1) is 17.6. The summed E-state index contributed by atoms with van der Waals surface area (Å²) in [6.45, 7) is 5.96. The zero-order valence-electron chi connectivity index (χ0n) is 19.4. The topological polar surface area (TPSA) is 119 Å². The third-order valence-corrected chi connectivity index (χ3v) is 5.22. The molecule has 0 saturated carbocycles. The van der Waals surface area contributed by atoms with Gasteiger partial charge in [-0.2, -0.15) is 17.9 Å². The van der Waals surface area contributed by atoms with Gasteiger partial charge >= 0.3 is 24.0 Å². The lowest BCUT2D eigenvalue weighted by atomic mass is 10.3. The number of nitrogens with one attached hydrogen (secondary N) is 1. The summed E-state index contributed by atoms with van der Waals surface area (Å²) in [7, 11) is 0. The molecule has 0 unspecified atom stereocenters. The second-order valence-electron chi connectivity index (χ2n) is 7.69. The van der Waals surface area contributed by atoms with Gasteiger partial charge in [-0.25, -0.2) is 9.59 Å². The normalized spacial score (nSPS) is 13.9. The van der Waals surface area contributed by atoms with E-state index in [1.54, 1.807) is 48.5 Å². The number of ether oxygens (including phenoxy) is 2. The molecule has 3 aromatic rings. The highest BCUT2D eigenvalue weighted by Gasteiger charge is 2.38. The number of hydrogen-bond acceptors (Lipinski definition) is 8. The number of rotatable bonds is 8. The van der Waals surface area contributed by atoms with Gasteiger partial charge in [0.05, 0.1) is 12.3 Å². The Balaban J connectivity index is 0.000000479. The Morgan fingerprint density at radius 1 is 1.08 bits per heavy atom. The highest BCUT2D eigenvalue weighted by Crippen LogP contribution is 2.21. The zero-order valence-corrected chi connectivity index (χ0v) is 20.2. The minimum Gasteiger partial charge on any atom is -0.494 e. The van der Waals surface area contributed by atoms with Gasteiger partial charge in [-0.3, -0.25) is 0 Å². The van der Waals surface area contributed by atoms with Crippen molar-refractivity contribution in [3.63, 3.8) is 0 Å². The van der Waals surface area contributed by atoms with Crippen LogP contribution in [0.5, 0.6) is 17.6 Å². The van der Waals surface area contributed by atoms with Crippen LogP contribution in [0.15, 0.2) is 57.7 Å². The van der Waals surface area contributed by atoms with Crippen LogP contribution in [0.1, 0.15) is 6.42 Å². The van der Waals surface area contributed by atoms with Gasteiger partial charge in [0.2, 0.25) is 0 Å². The van der Waals surface area contributed by atoms with E-state index in [1.165, 1.54) is 0 Å². The zero-order chi connectivity index (χ0) is 26.8. The molecule has 0 spiro atoms. The van der Waals surface area contributed by atoms with Crippen LogP contribution in [0.25, 0.3) is 5.69 Å². The second kappa shape index (κ2) is 13.1. The summed E-state index contributed by atoms with van der Waals surface area (Å²) in [5.41, 5.74) is 0.558. The molecular formula is C23H24ClF3N4O6. The van der Waals surface area contributed by atoms with Crippen molar-refractivity contribution in [2.45, 2.75) is 12.6 Å². The monoisotopic (exact) mass is 544 g/mol. The number of aromatic nitrogens is 2. The molecule has 37 heavy (non-hydrogen) atoms. The quantitative estimate of drug-likeness (QED) is 0.410. The molecule has 1 aliphatic heterocycles. The van der Waals surface area contributed by atoms with Gasteiger partial charge in [-0.15, -0.1) is 0 Å². The van der Waals surface area contributed by atoms with Crippen molar-refractivity contribution in [3.05, 3.63) is 64.1 Å². The van der Waals surface area contributed by atoms with Crippen LogP contribution in [0, 0.1) is 0 Å². The van der Waals surface area contributed by atoms with Crippen molar-refractivity contribution in [1.82, 2.24) is 20.0 Å². The van der Waals surface area contributed by atoms with Gasteiger partial charge in [0.15, 0.2) is 0 Å². The highest BCUT2D eigenvalue weighted by molar-refractivity contribution is 6.30. The number of nitrogens with zero attached hydrogens (tertiary/aromatic N) is 3. The first-order valence-corrected chi connectivity index (χ1v) is 11.5. The number of carbonyl (C=O) groups is 1. The number of piperazine rings is 1. The third-order valence-electron chi connectivity index (χ3n) is 4.97. The van der Waals surface area contributed by atoms with E-state index in [0.717, 1.165) is 49.6 Å². The Hall–Kier alpha value is -3.55. The molecule has 1 aliphatic rings. The molecule has 2 N–H and O–H groups in total. The Kier molecular flexibility index (Phi) is 9.94. The minimum absolute atomic E-state index is 0.143. The largest absolute Gasteiger partial charge is 0.494 e. The molecule has 1 saturated heterocycles. The summed E-state index contributed by atoms with van der Waals surface area (Å²) >= 11 is 5.85. The van der Waals surface area contributed by atoms with E-state index in [2.05, 4.69) is 15.3 Å². The fourth-order valence-corrected chi connectivity index (χ4v) is 3.29. The lowest BCUT2D eigenvalue weighted by molar-refractivity contribution is -0.192. The van der Waals surface area contributed by atoms with Crippen molar-refractivity contribution >= 4 is 17.6 Å². The maximum absolute atomic E-state index is 12.1. The SMILES string of the molecule is O=C(O)C(F)(F)F.O=c1oc(Oc2ccc(Cl)cc2)nn1-c1ccc(OCCCN2CCNCC2)cc1. The molecule has 1 aromatic heterocycles. The Bertz CT molecular complexity index is 1190. The molecule has 2 heterocycles. The van der Waals surface area contributed by atoms with Crippen LogP contribution in [-0.4, -0.2) is 71.3 Å². The van der Waals surface area contributed by atoms with Crippen molar-refractivity contribution in [1.29, 1.82) is 0 Å². The summed E-state index contributed by atoms with van der Waals surface area (Å²) in [6.07, 6.45) is -4.26. The molecule has 0 amide bonds. The van der Waals surface area contributed by atoms with E-state index in [9.17, 15) is 18.0 Å². The number of carboxylic acid groups (broad SMARTS) is 1. The van der Waals surface area contributed by atoms with E-state index >= 15 is 0 Å². The van der Waals surface area contributed by atoms with Gasteiger partial charge in [0.1, 0.15) is 11.5 Å². The standard InChI is InChI=1S/C21H23ClN4O4.C2HF3O2/c22-16-2-6-19(7-3-16)29-20-24-26(21(27)30-20)17-4-8-18(9-5-17)28-15-1-12-25-13-10-23-11-14-25;3-2(4,5)1(6)7/h2-9,23H,1,10-15H2;(H,6,7). The predicted molar refractivity (Wildman–Crippen MR) is 127 cm³/mol. The number of halogens is 4. The molecule has 10 nitrogen and oxygen atoms in total. The van der Waals surface area contributed by atoms with Crippen molar-refractivity contribution in [2.75, 3.05) is 39.3 Å². The van der Waals surface area contributed by atoms with Crippen LogP contribution in [0.2, 0.25) is 5.02 Å². The second-order valence-corrected chi connectivity index (χ2v) is 8.13. The Morgan fingerprint density at radius 2 is 1.68 bits per heavy atom. The van der Waals surface area contributed by atoms with Gasteiger partial charge in [-0.05, 0) is 55.0 Å². The first kappa shape index (κ1) is 28.0. The van der Waals surface area contributed by atoms with Crippen LogP contribution in [-0.2, 0) is 4.79 Å². The molecule has 0 radical (unpaired) electrons. The molecule has 14 heteroatoms. The smallest absolute Gasteiger partial charge is 0.490 e. The van der Waals surface area contributed by atoms with Crippen molar-refractivity contribution < 1.29 is 37.0 Å². The number of benzene rings is 2. The number of alkyl halides is 3. The van der Waals surface area contributed by atoms with E-state index in [1.807, 2.05) is 0 Å². The van der Waals surface area contributed by atoms with Crippen LogP contribution in [0.3, 0.4) is 0 Å². The van der Waals surface area contributed by atoms with Crippen molar-refractivity contribution in [2.24, 2.45) is 0 Å². The van der Waals surface area contributed by atoms with E-state index in [4.69, 9.17) is 35.4 Å². The van der Waals surface area contributed by atoms with Crippen LogP contribution in [0.4, 0.5) is 13.2 Å². The lowest BCUT2D eigenvalue weighted by Gasteiger charge is -2.26. The highest BCUT2D eigenvalue weighted by atomic mass is 35.5. The van der Waals surface area contributed by atoms with Crippen LogP contribution >= 0.6 is 11.6 Å². The molecule has 4 rings (SSSR count).